The van der Waals surface area contributed by atoms with Crippen LogP contribution in [0.1, 0.15) is 30.2 Å². The molecule has 0 spiro atoms. The molecule has 4 heterocycles. The molecular weight excluding hydrogens is 369 g/mol. The van der Waals surface area contributed by atoms with Crippen molar-refractivity contribution in [2.45, 2.75) is 31.2 Å². The molecule has 5 rings (SSSR count). The highest BCUT2D eigenvalue weighted by atomic mass is 19.4. The minimum atomic E-state index is -4.58. The van der Waals surface area contributed by atoms with Crippen molar-refractivity contribution in [2.24, 2.45) is 11.8 Å². The summed E-state index contributed by atoms with van der Waals surface area (Å²) in [5, 5.41) is 11.7. The van der Waals surface area contributed by atoms with Crippen molar-refractivity contribution >= 4 is 10.9 Å². The highest BCUT2D eigenvalue weighted by molar-refractivity contribution is 5.84. The van der Waals surface area contributed by atoms with Crippen molar-refractivity contribution in [1.82, 2.24) is 9.88 Å². The van der Waals surface area contributed by atoms with E-state index in [4.69, 9.17) is 4.74 Å². The molecule has 0 aliphatic carbocycles. The van der Waals surface area contributed by atoms with Crippen molar-refractivity contribution in [3.05, 3.63) is 48.2 Å². The van der Waals surface area contributed by atoms with Crippen LogP contribution in [0.15, 0.2) is 36.9 Å². The number of halogens is 3. The maximum absolute atomic E-state index is 13.4. The predicted octanol–water partition coefficient (Wildman–Crippen LogP) is 4.19. The second-order valence-electron chi connectivity index (χ2n) is 7.67. The summed E-state index contributed by atoms with van der Waals surface area (Å²) in [4.78, 5) is 5.94. The number of fused-ring (bicyclic) bond motifs is 4. The Balaban J connectivity index is 1.79. The third-order valence-corrected chi connectivity index (χ3v) is 6.18. The summed E-state index contributed by atoms with van der Waals surface area (Å²) < 4.78 is 45.4. The van der Waals surface area contributed by atoms with Gasteiger partial charge in [0, 0.05) is 18.0 Å². The maximum Gasteiger partial charge on any atom is 0.433 e. The molecule has 2 bridgehead atoms. The first-order valence-corrected chi connectivity index (χ1v) is 9.42. The highest BCUT2D eigenvalue weighted by Gasteiger charge is 2.43. The Morgan fingerprint density at radius 1 is 1.36 bits per heavy atom. The van der Waals surface area contributed by atoms with Gasteiger partial charge in [0.15, 0.2) is 0 Å². The highest BCUT2D eigenvalue weighted by Crippen LogP contribution is 2.43. The van der Waals surface area contributed by atoms with Crippen LogP contribution in [0.25, 0.3) is 10.9 Å². The second kappa shape index (κ2) is 7.04. The molecule has 150 valence electrons. The zero-order valence-electron chi connectivity index (χ0n) is 15.6. The first-order valence-electron chi connectivity index (χ1n) is 9.42. The molecule has 2 aromatic rings. The molecule has 1 unspecified atom stereocenters. The van der Waals surface area contributed by atoms with E-state index in [9.17, 15) is 18.3 Å². The van der Waals surface area contributed by atoms with Crippen molar-refractivity contribution in [1.29, 1.82) is 0 Å². The average molecular weight is 392 g/mol. The van der Waals surface area contributed by atoms with Crippen LogP contribution in [0.4, 0.5) is 13.2 Å². The summed E-state index contributed by atoms with van der Waals surface area (Å²) in [6.45, 7) is 5.52. The molecule has 28 heavy (non-hydrogen) atoms. The first kappa shape index (κ1) is 19.2. The van der Waals surface area contributed by atoms with Gasteiger partial charge >= 0.3 is 6.18 Å². The molecule has 3 aliphatic heterocycles. The van der Waals surface area contributed by atoms with E-state index in [1.54, 1.807) is 12.1 Å². The normalized spacial score (nSPS) is 28.3. The summed E-state index contributed by atoms with van der Waals surface area (Å²) in [5.41, 5.74) is -0.535. The lowest BCUT2D eigenvalue weighted by Crippen LogP contribution is -2.54. The van der Waals surface area contributed by atoms with Gasteiger partial charge in [-0.15, -0.1) is 6.58 Å². The number of hydrogen-bond donors (Lipinski definition) is 1. The Hall–Kier alpha value is -2.12. The minimum absolute atomic E-state index is 0.199. The van der Waals surface area contributed by atoms with Gasteiger partial charge in [0.05, 0.1) is 18.7 Å². The number of benzene rings is 1. The van der Waals surface area contributed by atoms with Crippen LogP contribution in [0, 0.1) is 11.8 Å². The lowest BCUT2D eigenvalue weighted by atomic mass is 9.73. The van der Waals surface area contributed by atoms with Crippen molar-refractivity contribution in [3.63, 3.8) is 0 Å². The molecule has 1 aromatic heterocycles. The molecule has 0 amide bonds. The van der Waals surface area contributed by atoms with Crippen molar-refractivity contribution < 1.29 is 23.0 Å². The predicted molar refractivity (Wildman–Crippen MR) is 100 cm³/mol. The molecule has 1 N–H and O–H groups in total. The van der Waals surface area contributed by atoms with Crippen LogP contribution in [-0.4, -0.2) is 41.2 Å². The number of aliphatic hydroxyl groups excluding tert-OH is 1. The molecule has 7 heteroatoms. The fourth-order valence-corrected chi connectivity index (χ4v) is 4.66. The summed E-state index contributed by atoms with van der Waals surface area (Å²) in [7, 11) is 1.50. The smallest absolute Gasteiger partial charge is 0.433 e. The monoisotopic (exact) mass is 392 g/mol. The standard InChI is InChI=1S/C21H23F3N2O2/c1-3-12-11-26-7-6-13(12)8-18(26)20(27)16-10-19(21(22,23)24)25-17-5-4-14(28-2)9-15(16)17/h3-5,9-10,12-13,18,20,27H,1,6-8,11H2,2H3/t12-,13-,18-,20-/m0/s1. The SMILES string of the molecule is C=C[C@H]1CN2CC[C@H]1C[C@H]2[C@@H](O)c1cc(C(F)(F)F)nc2ccc(OC)cc12. The van der Waals surface area contributed by atoms with Crippen LogP contribution in [0.3, 0.4) is 0 Å². The van der Waals surface area contributed by atoms with E-state index in [0.29, 0.717) is 23.0 Å². The zero-order chi connectivity index (χ0) is 20.1. The molecule has 3 fully saturated rings. The Bertz CT molecular complexity index is 899. The summed E-state index contributed by atoms with van der Waals surface area (Å²) >= 11 is 0. The topological polar surface area (TPSA) is 45.6 Å². The number of rotatable bonds is 4. The minimum Gasteiger partial charge on any atom is -0.497 e. The number of aliphatic hydroxyl groups is 1. The van der Waals surface area contributed by atoms with Crippen LogP contribution < -0.4 is 4.74 Å². The Morgan fingerprint density at radius 3 is 2.75 bits per heavy atom. The molecule has 1 aromatic carbocycles. The molecule has 3 aliphatic rings. The van der Waals surface area contributed by atoms with Gasteiger partial charge in [-0.1, -0.05) is 6.08 Å². The van der Waals surface area contributed by atoms with Gasteiger partial charge in [0.1, 0.15) is 11.4 Å². The number of alkyl halides is 3. The maximum atomic E-state index is 13.4. The van der Waals surface area contributed by atoms with Crippen molar-refractivity contribution in [2.75, 3.05) is 20.2 Å². The summed E-state index contributed by atoms with van der Waals surface area (Å²) in [5.74, 6) is 1.30. The van der Waals surface area contributed by atoms with E-state index in [0.717, 1.165) is 32.0 Å². The van der Waals surface area contributed by atoms with Gasteiger partial charge in [0.2, 0.25) is 0 Å². The fraction of sp³-hybridized carbons (Fsp3) is 0.476. The Kier molecular flexibility index (Phi) is 4.83. The number of hydrogen-bond acceptors (Lipinski definition) is 4. The number of piperidine rings is 3. The third kappa shape index (κ3) is 3.26. The quantitative estimate of drug-likeness (QED) is 0.793. The van der Waals surface area contributed by atoms with Gasteiger partial charge in [-0.25, -0.2) is 4.98 Å². The van der Waals surface area contributed by atoms with Crippen LogP contribution in [-0.2, 0) is 6.18 Å². The zero-order valence-corrected chi connectivity index (χ0v) is 15.6. The lowest BCUT2D eigenvalue weighted by molar-refractivity contribution is -0.141. The van der Waals surface area contributed by atoms with Gasteiger partial charge < -0.3 is 9.84 Å². The fourth-order valence-electron chi connectivity index (χ4n) is 4.66. The van der Waals surface area contributed by atoms with E-state index in [1.165, 1.54) is 13.2 Å². The molecule has 5 atom stereocenters. The Morgan fingerprint density at radius 2 is 2.14 bits per heavy atom. The number of nitrogens with zero attached hydrogens (tertiary/aromatic N) is 2. The summed E-state index contributed by atoms with van der Waals surface area (Å²) in [6.07, 6.45) is -1.89. The Labute approximate surface area is 161 Å². The molecular formula is C21H23F3N2O2. The number of aromatic nitrogens is 1. The first-order chi connectivity index (χ1) is 13.3. The number of ether oxygens (including phenoxy) is 1. The van der Waals surface area contributed by atoms with E-state index in [2.05, 4.69) is 16.5 Å². The van der Waals surface area contributed by atoms with Crippen LogP contribution >= 0.6 is 0 Å². The van der Waals surface area contributed by atoms with Crippen molar-refractivity contribution in [3.8, 4) is 5.75 Å². The largest absolute Gasteiger partial charge is 0.497 e. The lowest BCUT2D eigenvalue weighted by Gasteiger charge is -2.50. The van der Waals surface area contributed by atoms with E-state index < -0.39 is 18.0 Å². The molecule has 0 saturated carbocycles. The van der Waals surface area contributed by atoms with E-state index in [-0.39, 0.29) is 17.1 Å². The van der Waals surface area contributed by atoms with Gasteiger partial charge in [-0.2, -0.15) is 13.2 Å². The van der Waals surface area contributed by atoms with Crippen LogP contribution in [0.2, 0.25) is 0 Å². The van der Waals surface area contributed by atoms with E-state index in [1.807, 2.05) is 6.08 Å². The molecule has 4 nitrogen and oxygen atoms in total. The van der Waals surface area contributed by atoms with Gasteiger partial charge in [-0.05, 0) is 61.1 Å². The van der Waals surface area contributed by atoms with Crippen LogP contribution in [0.5, 0.6) is 5.75 Å². The molecule has 3 saturated heterocycles. The van der Waals surface area contributed by atoms with Gasteiger partial charge in [0.25, 0.3) is 0 Å². The average Bonchev–Trinajstić information content (AvgIpc) is 2.71. The van der Waals surface area contributed by atoms with Gasteiger partial charge in [-0.3, -0.25) is 4.90 Å². The van der Waals surface area contributed by atoms with E-state index >= 15 is 0 Å². The third-order valence-electron chi connectivity index (χ3n) is 6.18. The summed E-state index contributed by atoms with van der Waals surface area (Å²) in [6, 6.07) is 5.49. The number of pyridine rings is 1. The second-order valence-corrected chi connectivity index (χ2v) is 7.67. The number of methoxy groups -OCH3 is 1. The molecule has 0 radical (unpaired) electrons.